The van der Waals surface area contributed by atoms with Crippen LogP contribution in [0.25, 0.3) is 10.8 Å². The first-order valence-corrected chi connectivity index (χ1v) is 4.37. The van der Waals surface area contributed by atoms with E-state index in [4.69, 9.17) is 9.84 Å². The van der Waals surface area contributed by atoms with E-state index in [1.54, 1.807) is 24.5 Å². The maximum Gasteiger partial charge on any atom is 0.335 e. The molecule has 0 atom stereocenters. The fourth-order valence-electron chi connectivity index (χ4n) is 1.46. The van der Waals surface area contributed by atoms with Crippen molar-refractivity contribution in [1.29, 1.82) is 0 Å². The monoisotopic (exact) mass is 203 g/mol. The Kier molecular flexibility index (Phi) is 2.25. The van der Waals surface area contributed by atoms with Crippen molar-refractivity contribution in [2.75, 3.05) is 7.11 Å². The third-order valence-corrected chi connectivity index (χ3v) is 2.18. The molecule has 0 unspecified atom stereocenters. The lowest BCUT2D eigenvalue weighted by Gasteiger charge is -2.06. The minimum atomic E-state index is -0.966. The molecule has 2 aromatic rings. The van der Waals surface area contributed by atoms with Gasteiger partial charge in [0.2, 0.25) is 0 Å². The molecule has 0 aliphatic carbocycles. The van der Waals surface area contributed by atoms with Crippen LogP contribution in [0.5, 0.6) is 5.75 Å². The highest BCUT2D eigenvalue weighted by Gasteiger charge is 2.08. The van der Waals surface area contributed by atoms with Gasteiger partial charge in [0.1, 0.15) is 5.75 Å². The molecule has 0 radical (unpaired) electrons. The standard InChI is InChI=1S/C11H9NO3/c1-15-10-5-8(11(13)14)4-7-2-3-12-6-9(7)10/h2-6H,1H3,(H,13,14). The van der Waals surface area contributed by atoms with Gasteiger partial charge in [-0.05, 0) is 23.6 Å². The number of methoxy groups -OCH3 is 1. The molecule has 0 saturated heterocycles. The summed E-state index contributed by atoms with van der Waals surface area (Å²) in [6, 6.07) is 4.85. The van der Waals surface area contributed by atoms with E-state index in [9.17, 15) is 4.79 Å². The van der Waals surface area contributed by atoms with Crippen LogP contribution >= 0.6 is 0 Å². The minimum Gasteiger partial charge on any atom is -0.496 e. The van der Waals surface area contributed by atoms with Gasteiger partial charge in [-0.2, -0.15) is 0 Å². The Morgan fingerprint density at radius 3 is 2.93 bits per heavy atom. The number of hydrogen-bond donors (Lipinski definition) is 1. The summed E-state index contributed by atoms with van der Waals surface area (Å²) in [4.78, 5) is 14.8. The number of fused-ring (bicyclic) bond motifs is 1. The molecule has 0 saturated carbocycles. The fraction of sp³-hybridized carbons (Fsp3) is 0.0909. The fourth-order valence-corrected chi connectivity index (χ4v) is 1.46. The molecule has 15 heavy (non-hydrogen) atoms. The molecule has 1 N–H and O–H groups in total. The average Bonchev–Trinajstić information content (AvgIpc) is 2.27. The number of nitrogens with zero attached hydrogens (tertiary/aromatic N) is 1. The number of carboxylic acid groups (broad SMARTS) is 1. The van der Waals surface area contributed by atoms with Crippen LogP contribution in [0, 0.1) is 0 Å². The van der Waals surface area contributed by atoms with Gasteiger partial charge < -0.3 is 9.84 Å². The molecule has 0 amide bonds. The Bertz CT molecular complexity index is 522. The molecule has 76 valence electrons. The maximum atomic E-state index is 10.8. The zero-order valence-corrected chi connectivity index (χ0v) is 8.10. The van der Waals surface area contributed by atoms with Crippen LogP contribution in [0.2, 0.25) is 0 Å². The predicted molar refractivity (Wildman–Crippen MR) is 55.3 cm³/mol. The number of benzene rings is 1. The molecule has 4 nitrogen and oxygen atoms in total. The van der Waals surface area contributed by atoms with Crippen molar-refractivity contribution < 1.29 is 14.6 Å². The second-order valence-electron chi connectivity index (χ2n) is 3.08. The quantitative estimate of drug-likeness (QED) is 0.810. The smallest absolute Gasteiger partial charge is 0.335 e. The summed E-state index contributed by atoms with van der Waals surface area (Å²) in [5.74, 6) is -0.440. The number of aromatic nitrogens is 1. The normalized spacial score (nSPS) is 10.2. The highest BCUT2D eigenvalue weighted by Crippen LogP contribution is 2.26. The van der Waals surface area contributed by atoms with E-state index in [1.807, 2.05) is 0 Å². The average molecular weight is 203 g/mol. The molecule has 0 aliphatic rings. The SMILES string of the molecule is COc1cc(C(=O)O)cc2ccncc12. The van der Waals surface area contributed by atoms with Crippen molar-refractivity contribution in [3.05, 3.63) is 36.2 Å². The third kappa shape index (κ3) is 1.61. The summed E-state index contributed by atoms with van der Waals surface area (Å²) < 4.78 is 5.11. The number of carbonyl (C=O) groups is 1. The van der Waals surface area contributed by atoms with Crippen LogP contribution in [0.3, 0.4) is 0 Å². The van der Waals surface area contributed by atoms with Crippen molar-refractivity contribution in [3.63, 3.8) is 0 Å². The van der Waals surface area contributed by atoms with E-state index in [1.165, 1.54) is 13.2 Å². The van der Waals surface area contributed by atoms with Gasteiger partial charge in [-0.25, -0.2) is 4.79 Å². The number of rotatable bonds is 2. The van der Waals surface area contributed by atoms with Crippen LogP contribution < -0.4 is 4.74 Å². The first-order valence-electron chi connectivity index (χ1n) is 4.37. The zero-order chi connectivity index (χ0) is 10.8. The van der Waals surface area contributed by atoms with Crippen LogP contribution in [0.15, 0.2) is 30.6 Å². The second-order valence-corrected chi connectivity index (χ2v) is 3.08. The molecule has 0 aliphatic heterocycles. The topological polar surface area (TPSA) is 59.4 Å². The minimum absolute atomic E-state index is 0.213. The molecule has 1 heterocycles. The molecule has 1 aromatic heterocycles. The van der Waals surface area contributed by atoms with Gasteiger partial charge in [-0.15, -0.1) is 0 Å². The number of aromatic carboxylic acids is 1. The van der Waals surface area contributed by atoms with Gasteiger partial charge in [0.25, 0.3) is 0 Å². The van der Waals surface area contributed by atoms with Crippen molar-refractivity contribution in [3.8, 4) is 5.75 Å². The molecule has 2 rings (SSSR count). The lowest BCUT2D eigenvalue weighted by atomic mass is 10.1. The Labute approximate surface area is 86.1 Å². The van der Waals surface area contributed by atoms with Crippen molar-refractivity contribution in [1.82, 2.24) is 4.98 Å². The van der Waals surface area contributed by atoms with Gasteiger partial charge in [-0.1, -0.05) is 0 Å². The van der Waals surface area contributed by atoms with Crippen molar-refractivity contribution in [2.45, 2.75) is 0 Å². The Morgan fingerprint density at radius 2 is 2.27 bits per heavy atom. The summed E-state index contributed by atoms with van der Waals surface area (Å²) in [6.07, 6.45) is 3.27. The summed E-state index contributed by atoms with van der Waals surface area (Å²) >= 11 is 0. The van der Waals surface area contributed by atoms with Crippen molar-refractivity contribution >= 4 is 16.7 Å². The first kappa shape index (κ1) is 9.45. The van der Waals surface area contributed by atoms with Gasteiger partial charge >= 0.3 is 5.97 Å². The summed E-state index contributed by atoms with van der Waals surface area (Å²) in [5, 5.41) is 10.5. The molecule has 1 aromatic carbocycles. The molecule has 0 spiro atoms. The predicted octanol–water partition coefficient (Wildman–Crippen LogP) is 1.94. The van der Waals surface area contributed by atoms with E-state index in [2.05, 4.69) is 4.98 Å². The van der Waals surface area contributed by atoms with E-state index in [0.29, 0.717) is 5.75 Å². The zero-order valence-electron chi connectivity index (χ0n) is 8.10. The lowest BCUT2D eigenvalue weighted by Crippen LogP contribution is -1.97. The number of pyridine rings is 1. The first-order chi connectivity index (χ1) is 7.22. The highest BCUT2D eigenvalue weighted by molar-refractivity contribution is 5.97. The summed E-state index contributed by atoms with van der Waals surface area (Å²) in [5.41, 5.74) is 0.213. The molecule has 0 fully saturated rings. The largest absolute Gasteiger partial charge is 0.496 e. The molecular formula is C11H9NO3. The van der Waals surface area contributed by atoms with Crippen LogP contribution in [-0.2, 0) is 0 Å². The van der Waals surface area contributed by atoms with Crippen molar-refractivity contribution in [2.24, 2.45) is 0 Å². The van der Waals surface area contributed by atoms with E-state index >= 15 is 0 Å². The highest BCUT2D eigenvalue weighted by atomic mass is 16.5. The van der Waals surface area contributed by atoms with Gasteiger partial charge in [0, 0.05) is 17.8 Å². The molecule has 4 heteroatoms. The Balaban J connectivity index is 2.77. The molecule has 0 bridgehead atoms. The van der Waals surface area contributed by atoms with Gasteiger partial charge in [-0.3, -0.25) is 4.98 Å². The third-order valence-electron chi connectivity index (χ3n) is 2.18. The lowest BCUT2D eigenvalue weighted by molar-refractivity contribution is 0.0696. The van der Waals surface area contributed by atoms with Gasteiger partial charge in [0.15, 0.2) is 0 Å². The number of carboxylic acids is 1. The van der Waals surface area contributed by atoms with E-state index in [-0.39, 0.29) is 5.56 Å². The van der Waals surface area contributed by atoms with Crippen LogP contribution in [0.1, 0.15) is 10.4 Å². The maximum absolute atomic E-state index is 10.8. The Hall–Kier alpha value is -2.10. The van der Waals surface area contributed by atoms with Crippen LogP contribution in [-0.4, -0.2) is 23.2 Å². The second kappa shape index (κ2) is 3.57. The van der Waals surface area contributed by atoms with Gasteiger partial charge in [0.05, 0.1) is 12.7 Å². The van der Waals surface area contributed by atoms with E-state index in [0.717, 1.165) is 10.8 Å². The van der Waals surface area contributed by atoms with E-state index < -0.39 is 5.97 Å². The summed E-state index contributed by atoms with van der Waals surface area (Å²) in [7, 11) is 1.51. The Morgan fingerprint density at radius 1 is 1.47 bits per heavy atom. The number of hydrogen-bond acceptors (Lipinski definition) is 3. The summed E-state index contributed by atoms with van der Waals surface area (Å²) in [6.45, 7) is 0. The number of ether oxygens (including phenoxy) is 1. The molecular weight excluding hydrogens is 194 g/mol. The van der Waals surface area contributed by atoms with Crippen LogP contribution in [0.4, 0.5) is 0 Å².